The average Bonchev–Trinajstić information content (AvgIpc) is 3.14. The molecule has 0 radical (unpaired) electrons. The molecule has 0 amide bonds. The summed E-state index contributed by atoms with van der Waals surface area (Å²) >= 11 is 0. The molecule has 0 N–H and O–H groups in total. The van der Waals surface area contributed by atoms with E-state index in [0.717, 1.165) is 10.8 Å². The highest BCUT2D eigenvalue weighted by Gasteiger charge is 2.28. The van der Waals surface area contributed by atoms with E-state index in [2.05, 4.69) is 5.10 Å². The monoisotopic (exact) mass is 328 g/mol. The standard InChI is InChI=1S/C15H12N4O5/c1-17-8-12(19(22)23)13(16-17)14(20)18-7-10(15(21)24-2)9-5-3-4-6-11(9)18/h3-8H,1-2H3. The average molecular weight is 328 g/mol. The molecule has 0 aliphatic heterocycles. The zero-order chi connectivity index (χ0) is 17.4. The first-order chi connectivity index (χ1) is 11.4. The molecule has 0 saturated heterocycles. The number of ether oxygens (including phenoxy) is 1. The minimum atomic E-state index is -0.700. The number of carbonyl (C=O) groups is 2. The predicted molar refractivity (Wildman–Crippen MR) is 82.9 cm³/mol. The van der Waals surface area contributed by atoms with Crippen molar-refractivity contribution in [2.45, 2.75) is 0 Å². The lowest BCUT2D eigenvalue weighted by atomic mass is 10.2. The highest BCUT2D eigenvalue weighted by atomic mass is 16.6. The number of para-hydroxylation sites is 1. The van der Waals surface area contributed by atoms with E-state index in [1.165, 1.54) is 25.0 Å². The van der Waals surface area contributed by atoms with Crippen LogP contribution in [0.5, 0.6) is 0 Å². The number of aromatic nitrogens is 3. The van der Waals surface area contributed by atoms with E-state index in [1.54, 1.807) is 24.3 Å². The Bertz CT molecular complexity index is 985. The van der Waals surface area contributed by atoms with E-state index < -0.39 is 22.5 Å². The first kappa shape index (κ1) is 15.4. The summed E-state index contributed by atoms with van der Waals surface area (Å²) in [5.41, 5.74) is -0.0811. The summed E-state index contributed by atoms with van der Waals surface area (Å²) in [5, 5.41) is 15.5. The Labute approximate surface area is 135 Å². The van der Waals surface area contributed by atoms with E-state index >= 15 is 0 Å². The van der Waals surface area contributed by atoms with E-state index in [-0.39, 0.29) is 11.3 Å². The van der Waals surface area contributed by atoms with Crippen LogP contribution in [0.25, 0.3) is 10.9 Å². The Morgan fingerprint density at radius 3 is 2.62 bits per heavy atom. The second-order valence-electron chi connectivity index (χ2n) is 5.02. The van der Waals surface area contributed by atoms with Crippen LogP contribution in [0.15, 0.2) is 36.7 Å². The number of nitrogens with zero attached hydrogens (tertiary/aromatic N) is 4. The summed E-state index contributed by atoms with van der Waals surface area (Å²) in [6.07, 6.45) is 2.46. The molecular weight excluding hydrogens is 316 g/mol. The lowest BCUT2D eigenvalue weighted by Crippen LogP contribution is -2.13. The van der Waals surface area contributed by atoms with E-state index in [9.17, 15) is 19.7 Å². The van der Waals surface area contributed by atoms with Gasteiger partial charge in [0.05, 0.1) is 23.1 Å². The van der Waals surface area contributed by atoms with Crippen LogP contribution < -0.4 is 0 Å². The van der Waals surface area contributed by atoms with Crippen molar-refractivity contribution in [2.75, 3.05) is 7.11 Å². The number of nitro groups is 1. The molecule has 0 bridgehead atoms. The Hall–Kier alpha value is -3.49. The second kappa shape index (κ2) is 5.61. The van der Waals surface area contributed by atoms with Crippen LogP contribution in [0.3, 0.4) is 0 Å². The topological polar surface area (TPSA) is 109 Å². The van der Waals surface area contributed by atoms with Crippen LogP contribution in [0, 0.1) is 10.1 Å². The van der Waals surface area contributed by atoms with Gasteiger partial charge >= 0.3 is 11.7 Å². The Kier molecular flexibility index (Phi) is 3.60. The number of esters is 1. The third kappa shape index (κ3) is 2.32. The molecule has 0 saturated carbocycles. The van der Waals surface area contributed by atoms with Gasteiger partial charge in [0, 0.05) is 18.6 Å². The van der Waals surface area contributed by atoms with Crippen LogP contribution in [0.1, 0.15) is 20.8 Å². The van der Waals surface area contributed by atoms with Gasteiger partial charge in [-0.2, -0.15) is 5.10 Å². The van der Waals surface area contributed by atoms with Crippen molar-refractivity contribution in [1.29, 1.82) is 0 Å². The second-order valence-corrected chi connectivity index (χ2v) is 5.02. The van der Waals surface area contributed by atoms with Gasteiger partial charge < -0.3 is 4.74 Å². The van der Waals surface area contributed by atoms with E-state index in [0.29, 0.717) is 10.9 Å². The fourth-order valence-corrected chi connectivity index (χ4v) is 2.50. The molecule has 2 aromatic heterocycles. The molecule has 9 nitrogen and oxygen atoms in total. The zero-order valence-electron chi connectivity index (χ0n) is 12.8. The Morgan fingerprint density at radius 1 is 1.25 bits per heavy atom. The first-order valence-corrected chi connectivity index (χ1v) is 6.85. The third-order valence-electron chi connectivity index (χ3n) is 3.54. The van der Waals surface area contributed by atoms with Crippen molar-refractivity contribution >= 4 is 28.5 Å². The molecular formula is C15H12N4O5. The summed E-state index contributed by atoms with van der Waals surface area (Å²) in [7, 11) is 2.72. The smallest absolute Gasteiger partial charge is 0.340 e. The quantitative estimate of drug-likeness (QED) is 0.412. The fraction of sp³-hybridized carbons (Fsp3) is 0.133. The van der Waals surface area contributed by atoms with E-state index in [4.69, 9.17) is 4.74 Å². The van der Waals surface area contributed by atoms with Crippen LogP contribution in [-0.2, 0) is 11.8 Å². The normalized spacial score (nSPS) is 10.8. The minimum Gasteiger partial charge on any atom is -0.465 e. The highest BCUT2D eigenvalue weighted by Crippen LogP contribution is 2.25. The maximum atomic E-state index is 12.8. The molecule has 24 heavy (non-hydrogen) atoms. The lowest BCUT2D eigenvalue weighted by Gasteiger charge is -2.00. The van der Waals surface area contributed by atoms with Gasteiger partial charge in [-0.25, -0.2) is 4.79 Å². The van der Waals surface area contributed by atoms with Crippen molar-refractivity contribution in [3.8, 4) is 0 Å². The molecule has 3 aromatic rings. The summed E-state index contributed by atoms with van der Waals surface area (Å²) in [6.45, 7) is 0. The van der Waals surface area contributed by atoms with Crippen molar-refractivity contribution in [3.63, 3.8) is 0 Å². The molecule has 0 atom stereocenters. The first-order valence-electron chi connectivity index (χ1n) is 6.85. The number of rotatable bonds is 3. The van der Waals surface area contributed by atoms with Crippen LogP contribution >= 0.6 is 0 Å². The summed E-state index contributed by atoms with van der Waals surface area (Å²) in [6, 6.07) is 6.71. The summed E-state index contributed by atoms with van der Waals surface area (Å²) in [4.78, 5) is 35.1. The maximum Gasteiger partial charge on any atom is 0.340 e. The number of aryl methyl sites for hydroxylation is 1. The molecule has 9 heteroatoms. The van der Waals surface area contributed by atoms with Crippen molar-refractivity contribution < 1.29 is 19.2 Å². The van der Waals surface area contributed by atoms with Gasteiger partial charge in [0.2, 0.25) is 5.69 Å². The molecule has 0 aliphatic rings. The summed E-state index contributed by atoms with van der Waals surface area (Å²) < 4.78 is 7.07. The highest BCUT2D eigenvalue weighted by molar-refractivity contribution is 6.10. The van der Waals surface area contributed by atoms with Gasteiger partial charge in [0.1, 0.15) is 6.20 Å². The molecule has 1 aromatic carbocycles. The number of carbonyl (C=O) groups excluding carboxylic acids is 2. The molecule has 0 unspecified atom stereocenters. The van der Waals surface area contributed by atoms with Gasteiger partial charge in [0.25, 0.3) is 5.91 Å². The zero-order valence-corrected chi connectivity index (χ0v) is 12.8. The number of hydrogen-bond acceptors (Lipinski definition) is 6. The van der Waals surface area contributed by atoms with Crippen LogP contribution in [0.2, 0.25) is 0 Å². The molecule has 0 spiro atoms. The van der Waals surface area contributed by atoms with Gasteiger partial charge in [-0.15, -0.1) is 0 Å². The fourth-order valence-electron chi connectivity index (χ4n) is 2.50. The predicted octanol–water partition coefficient (Wildman–Crippen LogP) is 1.76. The van der Waals surface area contributed by atoms with Crippen molar-refractivity contribution in [2.24, 2.45) is 7.05 Å². The molecule has 0 fully saturated rings. The largest absolute Gasteiger partial charge is 0.465 e. The number of methoxy groups -OCH3 is 1. The van der Waals surface area contributed by atoms with Gasteiger partial charge in [-0.05, 0) is 6.07 Å². The molecule has 0 aliphatic carbocycles. The van der Waals surface area contributed by atoms with Crippen LogP contribution in [-0.4, -0.2) is 38.3 Å². The van der Waals surface area contributed by atoms with Gasteiger partial charge in [0.15, 0.2) is 0 Å². The Morgan fingerprint density at radius 2 is 1.96 bits per heavy atom. The molecule has 2 heterocycles. The SMILES string of the molecule is COC(=O)c1cn(C(=O)c2nn(C)cc2[N+](=O)[O-])c2ccccc12. The van der Waals surface area contributed by atoms with Crippen LogP contribution in [0.4, 0.5) is 5.69 Å². The number of benzene rings is 1. The van der Waals surface area contributed by atoms with E-state index in [1.807, 2.05) is 0 Å². The Balaban J connectivity index is 2.22. The number of fused-ring (bicyclic) bond motifs is 1. The number of hydrogen-bond donors (Lipinski definition) is 0. The summed E-state index contributed by atoms with van der Waals surface area (Å²) in [5.74, 6) is -1.30. The van der Waals surface area contributed by atoms with Gasteiger partial charge in [-0.1, -0.05) is 18.2 Å². The molecule has 3 rings (SSSR count). The van der Waals surface area contributed by atoms with Crippen molar-refractivity contribution in [1.82, 2.24) is 14.3 Å². The minimum absolute atomic E-state index is 0.194. The molecule has 122 valence electrons. The lowest BCUT2D eigenvalue weighted by molar-refractivity contribution is -0.385. The third-order valence-corrected chi connectivity index (χ3v) is 3.54. The maximum absolute atomic E-state index is 12.8. The van der Waals surface area contributed by atoms with Crippen molar-refractivity contribution in [3.05, 3.63) is 58.0 Å². The van der Waals surface area contributed by atoms with Gasteiger partial charge in [-0.3, -0.25) is 24.2 Å².